The maximum absolute atomic E-state index is 3.83. The number of rotatable bonds is 4. The molecule has 14 heavy (non-hydrogen) atoms. The van der Waals surface area contributed by atoms with Gasteiger partial charge in [-0.3, -0.25) is 0 Å². The average molecular weight is 184 g/mol. The Balaban J connectivity index is 3.21. The molecule has 0 saturated heterocycles. The molecular formula is C14H16. The van der Waals surface area contributed by atoms with E-state index in [9.17, 15) is 0 Å². The van der Waals surface area contributed by atoms with Gasteiger partial charge >= 0.3 is 0 Å². The van der Waals surface area contributed by atoms with Crippen LogP contribution in [0.3, 0.4) is 0 Å². The van der Waals surface area contributed by atoms with Gasteiger partial charge in [-0.05, 0) is 35.6 Å². The van der Waals surface area contributed by atoms with Gasteiger partial charge in [0.2, 0.25) is 0 Å². The normalized spacial score (nSPS) is 16.6. The molecule has 0 radical (unpaired) electrons. The third-order valence-corrected chi connectivity index (χ3v) is 2.39. The van der Waals surface area contributed by atoms with Crippen LogP contribution in [-0.2, 0) is 0 Å². The highest BCUT2D eigenvalue weighted by atomic mass is 14.2. The van der Waals surface area contributed by atoms with E-state index in [1.165, 1.54) is 22.3 Å². The van der Waals surface area contributed by atoms with Crippen molar-refractivity contribution in [3.8, 4) is 0 Å². The Morgan fingerprint density at radius 2 is 1.50 bits per heavy atom. The Bertz CT molecular complexity index is 359. The summed E-state index contributed by atoms with van der Waals surface area (Å²) in [4.78, 5) is 0. The zero-order chi connectivity index (χ0) is 10.6. The molecule has 0 N–H and O–H groups in total. The molecular weight excluding hydrogens is 168 g/mol. The highest BCUT2D eigenvalue weighted by Gasteiger charge is 2.16. The van der Waals surface area contributed by atoms with Crippen molar-refractivity contribution in [2.45, 2.75) is 13.3 Å². The fourth-order valence-electron chi connectivity index (χ4n) is 1.76. The van der Waals surface area contributed by atoms with Gasteiger partial charge < -0.3 is 0 Å². The van der Waals surface area contributed by atoms with Gasteiger partial charge in [0.25, 0.3) is 0 Å². The van der Waals surface area contributed by atoms with E-state index in [0.29, 0.717) is 0 Å². The molecule has 1 rings (SSSR count). The standard InChI is InChI=1S/C14H16/c1-5-9-12-10-11(6-2)13(7-3)14(12)8-4/h5-9H,2-4,10H2,1H3/b9-5-. The Labute approximate surface area is 86.3 Å². The fourth-order valence-corrected chi connectivity index (χ4v) is 1.76. The first-order chi connectivity index (χ1) is 6.78. The van der Waals surface area contributed by atoms with Gasteiger partial charge in [-0.15, -0.1) is 0 Å². The molecule has 0 saturated carbocycles. The molecule has 0 amide bonds. The van der Waals surface area contributed by atoms with Crippen molar-refractivity contribution in [1.82, 2.24) is 0 Å². The van der Waals surface area contributed by atoms with E-state index in [1.54, 1.807) is 0 Å². The van der Waals surface area contributed by atoms with Crippen LogP contribution in [0.15, 0.2) is 72.4 Å². The monoisotopic (exact) mass is 184 g/mol. The summed E-state index contributed by atoms with van der Waals surface area (Å²) < 4.78 is 0. The lowest BCUT2D eigenvalue weighted by Crippen LogP contribution is -1.80. The van der Waals surface area contributed by atoms with Gasteiger partial charge in [0, 0.05) is 0 Å². The van der Waals surface area contributed by atoms with E-state index in [0.717, 1.165) is 6.42 Å². The lowest BCUT2D eigenvalue weighted by molar-refractivity contribution is 1.24. The topological polar surface area (TPSA) is 0 Å². The first-order valence-corrected chi connectivity index (χ1v) is 4.75. The van der Waals surface area contributed by atoms with Crippen molar-refractivity contribution >= 4 is 0 Å². The lowest BCUT2D eigenvalue weighted by Gasteiger charge is -1.99. The van der Waals surface area contributed by atoms with Gasteiger partial charge in [0.15, 0.2) is 0 Å². The molecule has 0 aliphatic heterocycles. The summed E-state index contributed by atoms with van der Waals surface area (Å²) in [5.74, 6) is 0. The average Bonchev–Trinajstić information content (AvgIpc) is 2.55. The number of allylic oxidation sites excluding steroid dienone is 9. The smallest absolute Gasteiger partial charge is 0.00138 e. The van der Waals surface area contributed by atoms with E-state index in [1.807, 2.05) is 31.2 Å². The van der Waals surface area contributed by atoms with Crippen LogP contribution >= 0.6 is 0 Å². The molecule has 0 aromatic carbocycles. The molecule has 0 heterocycles. The van der Waals surface area contributed by atoms with E-state index in [2.05, 4.69) is 25.8 Å². The quantitative estimate of drug-likeness (QED) is 0.616. The lowest BCUT2D eigenvalue weighted by atomic mass is 10.1. The van der Waals surface area contributed by atoms with E-state index in [-0.39, 0.29) is 0 Å². The summed E-state index contributed by atoms with van der Waals surface area (Å²) in [6.07, 6.45) is 10.8. The largest absolute Gasteiger partial charge is 0.0988 e. The third-order valence-electron chi connectivity index (χ3n) is 2.39. The highest BCUT2D eigenvalue weighted by Crippen LogP contribution is 2.34. The third kappa shape index (κ3) is 1.69. The van der Waals surface area contributed by atoms with E-state index < -0.39 is 0 Å². The van der Waals surface area contributed by atoms with Gasteiger partial charge in [0.05, 0.1) is 0 Å². The van der Waals surface area contributed by atoms with Gasteiger partial charge in [-0.25, -0.2) is 0 Å². The number of hydrogen-bond donors (Lipinski definition) is 0. The molecule has 0 heteroatoms. The predicted octanol–water partition coefficient (Wildman–Crippen LogP) is 4.12. The van der Waals surface area contributed by atoms with Gasteiger partial charge in [0.1, 0.15) is 0 Å². The molecule has 0 atom stereocenters. The summed E-state index contributed by atoms with van der Waals surface area (Å²) in [5, 5.41) is 0. The van der Waals surface area contributed by atoms with Crippen LogP contribution in [0.1, 0.15) is 13.3 Å². The van der Waals surface area contributed by atoms with Gasteiger partial charge in [-0.1, -0.05) is 50.1 Å². The SMILES string of the molecule is C=CC1=C(C=C)C(C=C)=C(/C=C\C)C1. The Kier molecular flexibility index (Phi) is 3.47. The van der Waals surface area contributed by atoms with Crippen LogP contribution in [0, 0.1) is 0 Å². The van der Waals surface area contributed by atoms with Crippen LogP contribution in [0.4, 0.5) is 0 Å². The Morgan fingerprint density at radius 3 is 1.93 bits per heavy atom. The Morgan fingerprint density at radius 1 is 0.929 bits per heavy atom. The molecule has 72 valence electrons. The van der Waals surface area contributed by atoms with E-state index >= 15 is 0 Å². The molecule has 0 aromatic heterocycles. The molecule has 0 nitrogen and oxygen atoms in total. The van der Waals surface area contributed by atoms with Crippen molar-refractivity contribution < 1.29 is 0 Å². The van der Waals surface area contributed by atoms with Gasteiger partial charge in [-0.2, -0.15) is 0 Å². The molecule has 1 aliphatic carbocycles. The van der Waals surface area contributed by atoms with Crippen LogP contribution in [0.2, 0.25) is 0 Å². The minimum atomic E-state index is 0.941. The summed E-state index contributed by atoms with van der Waals surface area (Å²) in [5.41, 5.74) is 4.89. The molecule has 1 aliphatic rings. The molecule has 0 unspecified atom stereocenters. The second-order valence-electron chi connectivity index (χ2n) is 3.17. The van der Waals surface area contributed by atoms with Crippen molar-refractivity contribution in [1.29, 1.82) is 0 Å². The minimum absolute atomic E-state index is 0.941. The van der Waals surface area contributed by atoms with Crippen molar-refractivity contribution in [3.05, 3.63) is 72.4 Å². The first-order valence-electron chi connectivity index (χ1n) is 4.75. The second-order valence-corrected chi connectivity index (χ2v) is 3.17. The summed E-state index contributed by atoms with van der Waals surface area (Å²) >= 11 is 0. The maximum atomic E-state index is 3.83. The first kappa shape index (κ1) is 10.5. The summed E-state index contributed by atoms with van der Waals surface area (Å²) in [6.45, 7) is 13.5. The van der Waals surface area contributed by atoms with Crippen LogP contribution in [0.5, 0.6) is 0 Å². The Hall–Kier alpha value is -1.56. The predicted molar refractivity (Wildman–Crippen MR) is 64.1 cm³/mol. The van der Waals surface area contributed by atoms with Crippen LogP contribution in [0.25, 0.3) is 0 Å². The number of hydrogen-bond acceptors (Lipinski definition) is 0. The zero-order valence-electron chi connectivity index (χ0n) is 8.72. The second kappa shape index (κ2) is 4.61. The highest BCUT2D eigenvalue weighted by molar-refractivity contribution is 5.61. The van der Waals surface area contributed by atoms with Crippen molar-refractivity contribution in [3.63, 3.8) is 0 Å². The molecule has 0 aromatic rings. The zero-order valence-corrected chi connectivity index (χ0v) is 8.72. The summed E-state index contributed by atoms with van der Waals surface area (Å²) in [6, 6.07) is 0. The molecule has 0 spiro atoms. The minimum Gasteiger partial charge on any atom is -0.0988 e. The molecule has 0 fully saturated rings. The van der Waals surface area contributed by atoms with Crippen LogP contribution < -0.4 is 0 Å². The summed E-state index contributed by atoms with van der Waals surface area (Å²) in [7, 11) is 0. The maximum Gasteiger partial charge on any atom is -0.00138 e. The van der Waals surface area contributed by atoms with Crippen molar-refractivity contribution in [2.75, 3.05) is 0 Å². The van der Waals surface area contributed by atoms with Crippen molar-refractivity contribution in [2.24, 2.45) is 0 Å². The van der Waals surface area contributed by atoms with Crippen LogP contribution in [-0.4, -0.2) is 0 Å². The fraction of sp³-hybridized carbons (Fsp3) is 0.143. The van der Waals surface area contributed by atoms with E-state index in [4.69, 9.17) is 0 Å². The molecule has 0 bridgehead atoms.